The van der Waals surface area contributed by atoms with Gasteiger partial charge in [-0.1, -0.05) is 43.3 Å². The summed E-state index contributed by atoms with van der Waals surface area (Å²) in [4.78, 5) is 16.0. The van der Waals surface area contributed by atoms with E-state index in [-0.39, 0.29) is 5.82 Å². The Morgan fingerprint density at radius 1 is 0.895 bits per heavy atom. The minimum atomic E-state index is -0.189. The fourth-order valence-electron chi connectivity index (χ4n) is 1.61. The highest BCUT2D eigenvalue weighted by atomic mass is 19.1. The standard InChI is InChI=1S/C14H13F.2CH2O/c1-2-11-4-3-5-13(10-11)12-6-8-14(15)9-7-12;2*1-2/h3-10H,2H2,1H3;2*1H2. The van der Waals surface area contributed by atoms with Crippen LogP contribution in [0.1, 0.15) is 12.5 Å². The number of halogens is 1. The molecule has 2 aromatic rings. The second kappa shape index (κ2) is 9.71. The van der Waals surface area contributed by atoms with Crippen molar-refractivity contribution in [1.82, 2.24) is 0 Å². The number of hydrogen-bond donors (Lipinski definition) is 0. The summed E-state index contributed by atoms with van der Waals surface area (Å²) in [7, 11) is 0. The van der Waals surface area contributed by atoms with Gasteiger partial charge in [-0.05, 0) is 35.2 Å². The van der Waals surface area contributed by atoms with Gasteiger partial charge in [0.15, 0.2) is 0 Å². The Morgan fingerprint density at radius 2 is 1.47 bits per heavy atom. The van der Waals surface area contributed by atoms with Crippen molar-refractivity contribution < 1.29 is 14.0 Å². The van der Waals surface area contributed by atoms with Gasteiger partial charge < -0.3 is 9.59 Å². The largest absolute Gasteiger partial charge is 0.307 e. The van der Waals surface area contributed by atoms with Crippen LogP contribution in [0, 0.1) is 5.82 Å². The zero-order chi connectivity index (χ0) is 14.7. The maximum Gasteiger partial charge on any atom is 0.123 e. The van der Waals surface area contributed by atoms with E-state index in [1.807, 2.05) is 37.8 Å². The number of carbonyl (C=O) groups is 2. The Labute approximate surface area is 112 Å². The molecule has 19 heavy (non-hydrogen) atoms. The molecule has 0 spiro atoms. The summed E-state index contributed by atoms with van der Waals surface area (Å²) in [6.07, 6.45) is 1.02. The van der Waals surface area contributed by atoms with Gasteiger partial charge in [0, 0.05) is 0 Å². The maximum atomic E-state index is 12.7. The van der Waals surface area contributed by atoms with Crippen molar-refractivity contribution in [1.29, 1.82) is 0 Å². The van der Waals surface area contributed by atoms with Crippen LogP contribution in [0.15, 0.2) is 48.5 Å². The first kappa shape index (κ1) is 16.7. The lowest BCUT2D eigenvalue weighted by molar-refractivity contribution is -0.0987. The van der Waals surface area contributed by atoms with E-state index < -0.39 is 0 Å². The molecule has 0 aliphatic rings. The van der Waals surface area contributed by atoms with E-state index in [0.29, 0.717) is 0 Å². The molecule has 0 aromatic heterocycles. The van der Waals surface area contributed by atoms with Gasteiger partial charge in [-0.3, -0.25) is 0 Å². The van der Waals surface area contributed by atoms with E-state index >= 15 is 0 Å². The van der Waals surface area contributed by atoms with E-state index in [1.165, 1.54) is 17.7 Å². The summed E-state index contributed by atoms with van der Waals surface area (Å²) in [6.45, 7) is 6.13. The highest BCUT2D eigenvalue weighted by Crippen LogP contribution is 2.20. The normalized spacial score (nSPS) is 8.53. The Balaban J connectivity index is 0.000000741. The second-order valence-electron chi connectivity index (χ2n) is 3.56. The molecule has 0 aliphatic heterocycles. The number of rotatable bonds is 2. The summed E-state index contributed by atoms with van der Waals surface area (Å²) in [6, 6.07) is 14.9. The minimum absolute atomic E-state index is 0.189. The Bertz CT molecular complexity index is 478. The first-order valence-electron chi connectivity index (χ1n) is 5.72. The van der Waals surface area contributed by atoms with Crippen molar-refractivity contribution in [3.05, 3.63) is 59.9 Å². The topological polar surface area (TPSA) is 34.1 Å². The fourth-order valence-corrected chi connectivity index (χ4v) is 1.61. The SMILES string of the molecule is C=O.C=O.CCc1cccc(-c2ccc(F)cc2)c1. The zero-order valence-corrected chi connectivity index (χ0v) is 10.9. The molecule has 2 nitrogen and oxygen atoms in total. The van der Waals surface area contributed by atoms with Crippen LogP contribution in [0.25, 0.3) is 11.1 Å². The average Bonchev–Trinajstić information content (AvgIpc) is 2.52. The van der Waals surface area contributed by atoms with E-state index in [2.05, 4.69) is 19.1 Å². The Morgan fingerprint density at radius 3 is 2.00 bits per heavy atom. The smallest absolute Gasteiger partial charge is 0.123 e. The lowest BCUT2D eigenvalue weighted by Crippen LogP contribution is -1.83. The third-order valence-electron chi connectivity index (χ3n) is 2.51. The molecule has 0 amide bonds. The molecule has 0 radical (unpaired) electrons. The van der Waals surface area contributed by atoms with Gasteiger partial charge >= 0.3 is 0 Å². The molecule has 0 atom stereocenters. The summed E-state index contributed by atoms with van der Waals surface area (Å²) in [5, 5.41) is 0. The summed E-state index contributed by atoms with van der Waals surface area (Å²) in [5.74, 6) is -0.189. The van der Waals surface area contributed by atoms with Crippen LogP contribution >= 0.6 is 0 Å². The zero-order valence-electron chi connectivity index (χ0n) is 10.9. The van der Waals surface area contributed by atoms with Gasteiger partial charge in [-0.25, -0.2) is 4.39 Å². The third-order valence-corrected chi connectivity index (χ3v) is 2.51. The van der Waals surface area contributed by atoms with Gasteiger partial charge in [-0.15, -0.1) is 0 Å². The quantitative estimate of drug-likeness (QED) is 0.825. The van der Waals surface area contributed by atoms with Crippen LogP contribution < -0.4 is 0 Å². The van der Waals surface area contributed by atoms with Crippen molar-refractivity contribution in [2.24, 2.45) is 0 Å². The molecule has 0 unspecified atom stereocenters. The number of hydrogen-bond acceptors (Lipinski definition) is 2. The maximum absolute atomic E-state index is 12.7. The second-order valence-corrected chi connectivity index (χ2v) is 3.56. The van der Waals surface area contributed by atoms with Crippen LogP contribution in [-0.2, 0) is 16.0 Å². The number of benzene rings is 2. The van der Waals surface area contributed by atoms with E-state index in [0.717, 1.165) is 17.5 Å². The molecular formula is C16H17FO2. The number of carbonyl (C=O) groups excluding carboxylic acids is 2. The Kier molecular flexibility index (Phi) is 8.54. The van der Waals surface area contributed by atoms with Crippen LogP contribution in [0.4, 0.5) is 4.39 Å². The Hall–Kier alpha value is -2.29. The molecule has 0 saturated heterocycles. The van der Waals surface area contributed by atoms with Crippen molar-refractivity contribution in [3.8, 4) is 11.1 Å². The minimum Gasteiger partial charge on any atom is -0.307 e. The van der Waals surface area contributed by atoms with Gasteiger partial charge in [0.1, 0.15) is 19.4 Å². The first-order valence-corrected chi connectivity index (χ1v) is 5.72. The highest BCUT2D eigenvalue weighted by Gasteiger charge is 1.98. The van der Waals surface area contributed by atoms with E-state index in [1.54, 1.807) is 0 Å². The van der Waals surface area contributed by atoms with Gasteiger partial charge in [0.25, 0.3) is 0 Å². The summed E-state index contributed by atoms with van der Waals surface area (Å²) >= 11 is 0. The molecule has 0 bridgehead atoms. The first-order chi connectivity index (χ1) is 9.29. The number of aryl methyl sites for hydroxylation is 1. The van der Waals surface area contributed by atoms with Crippen LogP contribution in [-0.4, -0.2) is 13.6 Å². The molecule has 3 heteroatoms. The molecule has 100 valence electrons. The summed E-state index contributed by atoms with van der Waals surface area (Å²) in [5.41, 5.74) is 3.51. The van der Waals surface area contributed by atoms with Gasteiger partial charge in [0.2, 0.25) is 0 Å². The summed E-state index contributed by atoms with van der Waals surface area (Å²) < 4.78 is 12.7. The molecule has 0 fully saturated rings. The van der Waals surface area contributed by atoms with Crippen LogP contribution in [0.2, 0.25) is 0 Å². The van der Waals surface area contributed by atoms with Crippen molar-refractivity contribution in [2.75, 3.05) is 0 Å². The molecule has 0 N–H and O–H groups in total. The fraction of sp³-hybridized carbons (Fsp3) is 0.125. The monoisotopic (exact) mass is 260 g/mol. The van der Waals surface area contributed by atoms with Crippen molar-refractivity contribution >= 4 is 13.6 Å². The highest BCUT2D eigenvalue weighted by molar-refractivity contribution is 5.63. The molecule has 0 heterocycles. The van der Waals surface area contributed by atoms with Crippen LogP contribution in [0.5, 0.6) is 0 Å². The van der Waals surface area contributed by atoms with Crippen molar-refractivity contribution in [3.63, 3.8) is 0 Å². The predicted molar refractivity (Wildman–Crippen MR) is 75.5 cm³/mol. The molecule has 0 saturated carbocycles. The third kappa shape index (κ3) is 5.25. The van der Waals surface area contributed by atoms with E-state index in [9.17, 15) is 4.39 Å². The van der Waals surface area contributed by atoms with Crippen molar-refractivity contribution in [2.45, 2.75) is 13.3 Å². The lowest BCUT2D eigenvalue weighted by Gasteiger charge is -2.03. The predicted octanol–water partition coefficient (Wildman–Crippen LogP) is 3.69. The molecule has 0 aliphatic carbocycles. The average molecular weight is 260 g/mol. The van der Waals surface area contributed by atoms with E-state index in [4.69, 9.17) is 9.59 Å². The van der Waals surface area contributed by atoms with Gasteiger partial charge in [0.05, 0.1) is 0 Å². The molecule has 2 aromatic carbocycles. The molecule has 2 rings (SSSR count). The lowest BCUT2D eigenvalue weighted by atomic mass is 10.0. The van der Waals surface area contributed by atoms with Crippen LogP contribution in [0.3, 0.4) is 0 Å². The molecular weight excluding hydrogens is 243 g/mol. The van der Waals surface area contributed by atoms with Gasteiger partial charge in [-0.2, -0.15) is 0 Å².